The van der Waals surface area contributed by atoms with Crippen molar-refractivity contribution in [1.29, 1.82) is 0 Å². The topological polar surface area (TPSA) is 128 Å². The Kier molecular flexibility index (Phi) is 6.68. The van der Waals surface area contributed by atoms with Gasteiger partial charge in [0.05, 0.1) is 0 Å². The summed E-state index contributed by atoms with van der Waals surface area (Å²) in [5, 5.41) is 4.82. The minimum absolute atomic E-state index is 0.215. The Morgan fingerprint density at radius 2 is 1.55 bits per heavy atom. The third-order valence-electron chi connectivity index (χ3n) is 9.17. The quantitative estimate of drug-likeness (QED) is 0.364. The Morgan fingerprint density at radius 1 is 0.900 bits per heavy atom. The SMILES string of the molecule is Cc1cc(Oc2ccc(C3(C4=CC(=O)NC4=O)CC(C(C)C)CCC3(C)C3=CC(=O)NC3=O)cc2C)ccc1N. The Morgan fingerprint density at radius 3 is 2.10 bits per heavy atom. The average molecular weight is 542 g/mol. The molecule has 0 saturated heterocycles. The molecule has 40 heavy (non-hydrogen) atoms. The Labute approximate surface area is 234 Å². The number of rotatable bonds is 6. The molecule has 2 aromatic carbocycles. The van der Waals surface area contributed by atoms with Crippen LogP contribution in [-0.2, 0) is 24.6 Å². The van der Waals surface area contributed by atoms with Crippen LogP contribution in [0.5, 0.6) is 11.5 Å². The van der Waals surface area contributed by atoms with E-state index in [0.29, 0.717) is 47.1 Å². The third-order valence-corrected chi connectivity index (χ3v) is 9.17. The van der Waals surface area contributed by atoms with Gasteiger partial charge in [0.25, 0.3) is 23.6 Å². The summed E-state index contributed by atoms with van der Waals surface area (Å²) >= 11 is 0. The van der Waals surface area contributed by atoms with E-state index in [1.807, 2.05) is 51.1 Å². The van der Waals surface area contributed by atoms with E-state index in [1.54, 1.807) is 6.07 Å². The molecule has 4 N–H and O–H groups in total. The van der Waals surface area contributed by atoms with Crippen molar-refractivity contribution >= 4 is 29.3 Å². The molecule has 3 aliphatic rings. The van der Waals surface area contributed by atoms with E-state index in [0.717, 1.165) is 23.1 Å². The van der Waals surface area contributed by atoms with Crippen LogP contribution in [-0.4, -0.2) is 23.6 Å². The summed E-state index contributed by atoms with van der Waals surface area (Å²) in [6.07, 6.45) is 4.63. The van der Waals surface area contributed by atoms with Crippen LogP contribution in [0.2, 0.25) is 0 Å². The fourth-order valence-corrected chi connectivity index (χ4v) is 6.76. The van der Waals surface area contributed by atoms with Crippen LogP contribution in [0.15, 0.2) is 59.7 Å². The molecule has 0 bridgehead atoms. The largest absolute Gasteiger partial charge is 0.457 e. The van der Waals surface area contributed by atoms with Crippen molar-refractivity contribution in [2.24, 2.45) is 17.3 Å². The Hall–Kier alpha value is -4.20. The van der Waals surface area contributed by atoms with Crippen LogP contribution in [0.3, 0.4) is 0 Å². The summed E-state index contributed by atoms with van der Waals surface area (Å²) in [5.74, 6) is -0.0842. The number of hydrogen-bond acceptors (Lipinski definition) is 6. The molecule has 0 spiro atoms. The Bertz CT molecular complexity index is 1520. The first-order chi connectivity index (χ1) is 18.9. The van der Waals surface area contributed by atoms with E-state index >= 15 is 0 Å². The number of hydrogen-bond donors (Lipinski definition) is 3. The van der Waals surface area contributed by atoms with Crippen molar-refractivity contribution < 1.29 is 23.9 Å². The molecule has 5 rings (SSSR count). The second-order valence-corrected chi connectivity index (χ2v) is 11.8. The number of benzene rings is 2. The molecule has 8 heteroatoms. The molecule has 0 aromatic heterocycles. The number of nitrogens with one attached hydrogen (secondary N) is 2. The van der Waals surface area contributed by atoms with Gasteiger partial charge in [-0.1, -0.05) is 32.9 Å². The highest BCUT2D eigenvalue weighted by atomic mass is 16.5. The molecule has 2 aliphatic heterocycles. The van der Waals surface area contributed by atoms with Crippen molar-refractivity contribution in [3.8, 4) is 11.5 Å². The molecule has 4 amide bonds. The highest BCUT2D eigenvalue weighted by Gasteiger charge is 2.61. The molecule has 1 fully saturated rings. The van der Waals surface area contributed by atoms with Gasteiger partial charge in [0.15, 0.2) is 0 Å². The summed E-state index contributed by atoms with van der Waals surface area (Å²) in [4.78, 5) is 51.4. The smallest absolute Gasteiger partial charge is 0.255 e. The standard InChI is InChI=1S/C32H35N3O5/c1-17(2)20-10-11-31(5,23-14-27(36)34-29(23)38)32(16-20,24-15-28(37)35-30(24)39)21-6-9-26(19(4)12-21)40-22-7-8-25(33)18(3)13-22/h6-9,12-15,17,20H,10-11,16,33H2,1-5H3,(H,34,36,38)(H,35,37,39). The van der Waals surface area contributed by atoms with Crippen LogP contribution in [0.25, 0.3) is 0 Å². The van der Waals surface area contributed by atoms with Crippen molar-refractivity contribution in [2.75, 3.05) is 5.73 Å². The molecular formula is C32H35N3O5. The molecule has 3 unspecified atom stereocenters. The first-order valence-corrected chi connectivity index (χ1v) is 13.7. The second kappa shape index (κ2) is 9.77. The Balaban J connectivity index is 1.71. The minimum Gasteiger partial charge on any atom is -0.457 e. The van der Waals surface area contributed by atoms with Gasteiger partial charge in [-0.05, 0) is 85.9 Å². The second-order valence-electron chi connectivity index (χ2n) is 11.8. The minimum atomic E-state index is -1.05. The van der Waals surface area contributed by atoms with E-state index in [2.05, 4.69) is 24.5 Å². The number of aryl methyl sites for hydroxylation is 2. The number of carbonyl (C=O) groups is 4. The number of nitrogen functional groups attached to an aromatic ring is 1. The van der Waals surface area contributed by atoms with Crippen LogP contribution in [0.4, 0.5) is 5.69 Å². The first kappa shape index (κ1) is 27.4. The predicted octanol–water partition coefficient (Wildman–Crippen LogP) is 4.54. The highest BCUT2D eigenvalue weighted by molar-refractivity contribution is 6.19. The molecule has 0 radical (unpaired) electrons. The van der Waals surface area contributed by atoms with Gasteiger partial charge in [-0.3, -0.25) is 29.8 Å². The first-order valence-electron chi connectivity index (χ1n) is 13.7. The highest BCUT2D eigenvalue weighted by Crippen LogP contribution is 2.62. The van der Waals surface area contributed by atoms with Gasteiger partial charge in [-0.25, -0.2) is 0 Å². The van der Waals surface area contributed by atoms with E-state index < -0.39 is 34.5 Å². The lowest BCUT2D eigenvalue weighted by Gasteiger charge is -2.56. The van der Waals surface area contributed by atoms with Gasteiger partial charge < -0.3 is 10.5 Å². The zero-order valence-electron chi connectivity index (χ0n) is 23.5. The third kappa shape index (κ3) is 4.31. The number of imide groups is 2. The summed E-state index contributed by atoms with van der Waals surface area (Å²) in [6, 6.07) is 11.2. The van der Waals surface area contributed by atoms with Gasteiger partial charge >= 0.3 is 0 Å². The fourth-order valence-electron chi connectivity index (χ4n) is 6.76. The van der Waals surface area contributed by atoms with E-state index in [-0.39, 0.29) is 5.92 Å². The average Bonchev–Trinajstić information content (AvgIpc) is 3.42. The van der Waals surface area contributed by atoms with Crippen molar-refractivity contribution in [3.63, 3.8) is 0 Å². The molecule has 2 heterocycles. The molecular weight excluding hydrogens is 506 g/mol. The zero-order valence-corrected chi connectivity index (χ0v) is 23.5. The lowest BCUT2D eigenvalue weighted by atomic mass is 9.46. The van der Waals surface area contributed by atoms with Gasteiger partial charge in [0, 0.05) is 39.8 Å². The van der Waals surface area contributed by atoms with Crippen LogP contribution in [0, 0.1) is 31.1 Å². The van der Waals surface area contributed by atoms with Gasteiger partial charge in [0.1, 0.15) is 11.5 Å². The molecule has 8 nitrogen and oxygen atoms in total. The molecule has 208 valence electrons. The molecule has 1 aliphatic carbocycles. The number of anilines is 1. The van der Waals surface area contributed by atoms with Gasteiger partial charge in [-0.2, -0.15) is 0 Å². The van der Waals surface area contributed by atoms with Crippen molar-refractivity contribution in [3.05, 3.63) is 76.4 Å². The molecule has 1 saturated carbocycles. The fraction of sp³-hybridized carbons (Fsp3) is 0.375. The van der Waals surface area contributed by atoms with Gasteiger partial charge in [-0.15, -0.1) is 0 Å². The number of ether oxygens (including phenoxy) is 1. The van der Waals surface area contributed by atoms with Crippen molar-refractivity contribution in [2.45, 2.75) is 59.3 Å². The normalized spacial score (nSPS) is 26.5. The van der Waals surface area contributed by atoms with E-state index in [1.165, 1.54) is 12.2 Å². The summed E-state index contributed by atoms with van der Waals surface area (Å²) < 4.78 is 6.20. The van der Waals surface area contributed by atoms with Crippen LogP contribution >= 0.6 is 0 Å². The van der Waals surface area contributed by atoms with Gasteiger partial charge in [0.2, 0.25) is 0 Å². The summed E-state index contributed by atoms with van der Waals surface area (Å²) in [5.41, 5.74) is 7.84. The maximum absolute atomic E-state index is 13.4. The molecule has 3 atom stereocenters. The lowest BCUT2D eigenvalue weighted by Crippen LogP contribution is -2.54. The number of nitrogens with two attached hydrogens (primary N) is 1. The molecule has 2 aromatic rings. The van der Waals surface area contributed by atoms with E-state index in [4.69, 9.17) is 10.5 Å². The predicted molar refractivity (Wildman–Crippen MR) is 151 cm³/mol. The maximum atomic E-state index is 13.4. The van der Waals surface area contributed by atoms with Crippen molar-refractivity contribution in [1.82, 2.24) is 10.6 Å². The maximum Gasteiger partial charge on any atom is 0.255 e. The van der Waals surface area contributed by atoms with E-state index in [9.17, 15) is 19.2 Å². The number of amides is 4. The zero-order chi connectivity index (χ0) is 29.0. The van der Waals surface area contributed by atoms with Crippen LogP contribution < -0.4 is 21.1 Å². The summed E-state index contributed by atoms with van der Waals surface area (Å²) in [6.45, 7) is 10.1. The lowest BCUT2D eigenvalue weighted by molar-refractivity contribution is -0.127. The monoisotopic (exact) mass is 541 g/mol. The number of carbonyl (C=O) groups excluding carboxylic acids is 4. The van der Waals surface area contributed by atoms with Crippen LogP contribution in [0.1, 0.15) is 56.7 Å². The summed E-state index contributed by atoms with van der Waals surface area (Å²) in [7, 11) is 0.